The van der Waals surface area contributed by atoms with Crippen molar-refractivity contribution in [3.8, 4) is 5.75 Å². The fourth-order valence-electron chi connectivity index (χ4n) is 2.36. The van der Waals surface area contributed by atoms with Gasteiger partial charge < -0.3 is 15.5 Å². The van der Waals surface area contributed by atoms with E-state index in [2.05, 4.69) is 10.3 Å². The first-order valence-corrected chi connectivity index (χ1v) is 8.54. The smallest absolute Gasteiger partial charge is 0.249 e. The van der Waals surface area contributed by atoms with Gasteiger partial charge in [0.2, 0.25) is 11.8 Å². The minimum absolute atomic E-state index is 0.0226. The van der Waals surface area contributed by atoms with Crippen molar-refractivity contribution in [1.82, 2.24) is 15.8 Å². The van der Waals surface area contributed by atoms with Crippen LogP contribution in [-0.2, 0) is 35.6 Å². The Morgan fingerprint density at radius 3 is 2.48 bits per heavy atom. The van der Waals surface area contributed by atoms with Gasteiger partial charge in [-0.3, -0.25) is 19.8 Å². The SMILES string of the molecule is O=C(Cc1ncc(CC(=O)NCc2ccc(Cl)c(Cl)c2)c(CO)c1O)NO. The Hall–Kier alpha value is -2.39. The van der Waals surface area contributed by atoms with Gasteiger partial charge in [-0.25, -0.2) is 5.48 Å². The molecule has 2 amide bonds. The Morgan fingerprint density at radius 1 is 1.11 bits per heavy atom. The van der Waals surface area contributed by atoms with Crippen LogP contribution >= 0.6 is 23.2 Å². The van der Waals surface area contributed by atoms with Crippen LogP contribution in [0.25, 0.3) is 0 Å². The third kappa shape index (κ3) is 5.54. The Labute approximate surface area is 164 Å². The zero-order valence-corrected chi connectivity index (χ0v) is 15.5. The second kappa shape index (κ2) is 9.52. The number of aliphatic hydroxyl groups is 1. The van der Waals surface area contributed by atoms with E-state index < -0.39 is 18.3 Å². The molecule has 0 aliphatic heterocycles. The molecule has 1 heterocycles. The van der Waals surface area contributed by atoms with Gasteiger partial charge in [0.1, 0.15) is 5.75 Å². The van der Waals surface area contributed by atoms with Crippen LogP contribution in [0.4, 0.5) is 0 Å². The summed E-state index contributed by atoms with van der Waals surface area (Å²) in [5.41, 5.74) is 2.57. The maximum absolute atomic E-state index is 12.2. The lowest BCUT2D eigenvalue weighted by Gasteiger charge is -2.12. The van der Waals surface area contributed by atoms with E-state index in [9.17, 15) is 19.8 Å². The molecular weight excluding hydrogens is 397 g/mol. The van der Waals surface area contributed by atoms with Crippen LogP contribution in [0, 0.1) is 0 Å². The fraction of sp³-hybridized carbons (Fsp3) is 0.235. The van der Waals surface area contributed by atoms with E-state index in [1.54, 1.807) is 18.2 Å². The van der Waals surface area contributed by atoms with E-state index in [4.69, 9.17) is 28.4 Å². The first kappa shape index (κ1) is 20.9. The van der Waals surface area contributed by atoms with Gasteiger partial charge in [-0.2, -0.15) is 0 Å². The van der Waals surface area contributed by atoms with Crippen LogP contribution in [0.2, 0.25) is 10.0 Å². The highest BCUT2D eigenvalue weighted by molar-refractivity contribution is 6.42. The molecule has 1 aromatic heterocycles. The number of aromatic nitrogens is 1. The molecule has 0 fully saturated rings. The van der Waals surface area contributed by atoms with E-state index in [0.29, 0.717) is 15.6 Å². The number of aromatic hydroxyl groups is 1. The lowest BCUT2D eigenvalue weighted by Crippen LogP contribution is -2.25. The molecule has 144 valence electrons. The summed E-state index contributed by atoms with van der Waals surface area (Å²) < 4.78 is 0. The highest BCUT2D eigenvalue weighted by atomic mass is 35.5. The summed E-state index contributed by atoms with van der Waals surface area (Å²) >= 11 is 11.8. The van der Waals surface area contributed by atoms with Crippen molar-refractivity contribution >= 4 is 35.0 Å². The number of amides is 2. The molecule has 2 rings (SSSR count). The van der Waals surface area contributed by atoms with Crippen molar-refractivity contribution in [1.29, 1.82) is 0 Å². The van der Waals surface area contributed by atoms with Crippen molar-refractivity contribution in [2.75, 3.05) is 0 Å². The quantitative estimate of drug-likeness (QED) is 0.345. The Balaban J connectivity index is 2.06. The molecule has 5 N–H and O–H groups in total. The van der Waals surface area contributed by atoms with Gasteiger partial charge >= 0.3 is 0 Å². The highest BCUT2D eigenvalue weighted by Gasteiger charge is 2.17. The van der Waals surface area contributed by atoms with E-state index in [1.165, 1.54) is 11.7 Å². The summed E-state index contributed by atoms with van der Waals surface area (Å²) in [5, 5.41) is 31.7. The number of hydrogen-bond donors (Lipinski definition) is 5. The first-order valence-electron chi connectivity index (χ1n) is 7.78. The molecule has 0 spiro atoms. The third-order valence-corrected chi connectivity index (χ3v) is 4.50. The van der Waals surface area contributed by atoms with Crippen LogP contribution < -0.4 is 10.8 Å². The standard InChI is InChI=1S/C17H17Cl2N3O5/c18-12-2-1-9(3-13(12)19)6-21-15(24)4-10-7-20-14(5-16(25)22-27)17(26)11(10)8-23/h1-3,7,23,26-27H,4-6,8H2,(H,21,24)(H,22,25). The number of rotatable bonds is 7. The van der Waals surface area contributed by atoms with Crippen LogP contribution in [0.1, 0.15) is 22.4 Å². The number of nitrogens with zero attached hydrogens (tertiary/aromatic N) is 1. The van der Waals surface area contributed by atoms with Crippen LogP contribution in [0.5, 0.6) is 5.75 Å². The van der Waals surface area contributed by atoms with Crippen molar-refractivity contribution in [2.45, 2.75) is 26.0 Å². The normalized spacial score (nSPS) is 10.5. The lowest BCUT2D eigenvalue weighted by atomic mass is 10.0. The predicted octanol–water partition coefficient (Wildman–Crippen LogP) is 1.49. The van der Waals surface area contributed by atoms with Crippen molar-refractivity contribution in [3.05, 3.63) is 56.8 Å². The van der Waals surface area contributed by atoms with Gasteiger partial charge in [-0.1, -0.05) is 29.3 Å². The molecule has 1 aromatic carbocycles. The number of hydroxylamine groups is 1. The summed E-state index contributed by atoms with van der Waals surface area (Å²) in [6.07, 6.45) is 0.785. The van der Waals surface area contributed by atoms with Gasteiger partial charge in [0.25, 0.3) is 0 Å². The molecule has 27 heavy (non-hydrogen) atoms. The van der Waals surface area contributed by atoms with E-state index >= 15 is 0 Å². The topological polar surface area (TPSA) is 132 Å². The molecule has 0 saturated carbocycles. The zero-order valence-electron chi connectivity index (χ0n) is 14.0. The molecule has 0 aliphatic rings. The Bertz CT molecular complexity index is 861. The third-order valence-electron chi connectivity index (χ3n) is 3.76. The van der Waals surface area contributed by atoms with Crippen LogP contribution in [0.3, 0.4) is 0 Å². The molecule has 0 aliphatic carbocycles. The number of halogens is 2. The average Bonchev–Trinajstić information content (AvgIpc) is 2.65. The second-order valence-electron chi connectivity index (χ2n) is 5.63. The minimum Gasteiger partial charge on any atom is -0.506 e. The van der Waals surface area contributed by atoms with E-state index in [0.717, 1.165) is 5.56 Å². The summed E-state index contributed by atoms with van der Waals surface area (Å²) in [5.74, 6) is -1.53. The highest BCUT2D eigenvalue weighted by Crippen LogP contribution is 2.25. The molecule has 0 radical (unpaired) electrons. The van der Waals surface area contributed by atoms with E-state index in [-0.39, 0.29) is 36.6 Å². The Morgan fingerprint density at radius 2 is 1.85 bits per heavy atom. The summed E-state index contributed by atoms with van der Waals surface area (Å²) in [6.45, 7) is -0.324. The molecule has 8 nitrogen and oxygen atoms in total. The number of carbonyl (C=O) groups is 2. The maximum Gasteiger partial charge on any atom is 0.249 e. The number of benzene rings is 1. The van der Waals surface area contributed by atoms with Crippen molar-refractivity contribution in [3.63, 3.8) is 0 Å². The first-order chi connectivity index (χ1) is 12.8. The summed E-state index contributed by atoms with van der Waals surface area (Å²) in [6, 6.07) is 4.98. The van der Waals surface area contributed by atoms with Gasteiger partial charge in [0.05, 0.1) is 35.2 Å². The van der Waals surface area contributed by atoms with Gasteiger partial charge in [0, 0.05) is 18.3 Å². The summed E-state index contributed by atoms with van der Waals surface area (Å²) in [7, 11) is 0. The molecule has 0 unspecified atom stereocenters. The Kier molecular flexibility index (Phi) is 7.37. The van der Waals surface area contributed by atoms with Gasteiger partial charge in [-0.05, 0) is 23.3 Å². The zero-order chi connectivity index (χ0) is 20.0. The van der Waals surface area contributed by atoms with Crippen LogP contribution in [0.15, 0.2) is 24.4 Å². The van der Waals surface area contributed by atoms with Gasteiger partial charge in [-0.15, -0.1) is 0 Å². The molecule has 0 bridgehead atoms. The average molecular weight is 414 g/mol. The number of aliphatic hydroxyl groups excluding tert-OH is 1. The lowest BCUT2D eigenvalue weighted by molar-refractivity contribution is -0.128. The maximum atomic E-state index is 12.2. The molecule has 0 atom stereocenters. The molecule has 2 aromatic rings. The van der Waals surface area contributed by atoms with Crippen molar-refractivity contribution in [2.24, 2.45) is 0 Å². The molecule has 10 heteroatoms. The minimum atomic E-state index is -0.770. The van der Waals surface area contributed by atoms with E-state index in [1.807, 2.05) is 0 Å². The monoisotopic (exact) mass is 413 g/mol. The largest absolute Gasteiger partial charge is 0.506 e. The summed E-state index contributed by atoms with van der Waals surface area (Å²) in [4.78, 5) is 27.3. The fourth-order valence-corrected chi connectivity index (χ4v) is 2.68. The van der Waals surface area contributed by atoms with Crippen molar-refractivity contribution < 1.29 is 25.0 Å². The molecular formula is C17H17Cl2N3O5. The predicted molar refractivity (Wildman–Crippen MR) is 97.5 cm³/mol. The van der Waals surface area contributed by atoms with Crippen LogP contribution in [-0.4, -0.2) is 32.2 Å². The molecule has 0 saturated heterocycles. The van der Waals surface area contributed by atoms with Gasteiger partial charge in [0.15, 0.2) is 0 Å². The number of hydrogen-bond acceptors (Lipinski definition) is 6. The number of nitrogens with one attached hydrogen (secondary N) is 2. The number of carbonyl (C=O) groups excluding carboxylic acids is 2. The number of pyridine rings is 1. The second-order valence-corrected chi connectivity index (χ2v) is 6.44.